The van der Waals surface area contributed by atoms with Crippen molar-refractivity contribution in [1.29, 1.82) is 0 Å². The zero-order chi connectivity index (χ0) is 26.6. The average Bonchev–Trinajstić information content (AvgIpc) is 2.83. The molecule has 1 amide bonds. The van der Waals surface area contributed by atoms with Gasteiger partial charge in [0, 0.05) is 38.8 Å². The Labute approximate surface area is 215 Å². The molecule has 0 unspecified atom stereocenters. The lowest BCUT2D eigenvalue weighted by atomic mass is 10.3. The van der Waals surface area contributed by atoms with Crippen molar-refractivity contribution in [3.63, 3.8) is 0 Å². The van der Waals surface area contributed by atoms with Crippen LogP contribution in [-0.2, 0) is 4.79 Å². The molecule has 14 heteroatoms. The number of benzene rings is 1. The third kappa shape index (κ3) is 7.08. The summed E-state index contributed by atoms with van der Waals surface area (Å²) in [6.07, 6.45) is -4.85. The Hall–Kier alpha value is -3.42. The molecule has 0 bridgehead atoms. The van der Waals surface area contributed by atoms with Crippen LogP contribution in [0.5, 0.6) is 11.5 Å². The van der Waals surface area contributed by atoms with Gasteiger partial charge in [-0.05, 0) is 31.2 Å². The SMILES string of the molecule is Cc1nc(N2CCN(CCO)CC2)nc2ccc(NC(=O)COc3ccc(OC(F)(F)F)cc3Cl)nc12. The van der Waals surface area contributed by atoms with E-state index in [0.717, 1.165) is 38.3 Å². The summed E-state index contributed by atoms with van der Waals surface area (Å²) in [4.78, 5) is 30.3. The summed E-state index contributed by atoms with van der Waals surface area (Å²) in [5, 5.41) is 11.6. The van der Waals surface area contributed by atoms with Crippen LogP contribution in [0.2, 0.25) is 5.02 Å². The van der Waals surface area contributed by atoms with E-state index in [4.69, 9.17) is 21.4 Å². The first-order valence-electron chi connectivity index (χ1n) is 11.3. The Morgan fingerprint density at radius 2 is 1.89 bits per heavy atom. The molecule has 1 aromatic carbocycles. The molecule has 0 radical (unpaired) electrons. The number of carbonyl (C=O) groups excluding carboxylic acids is 1. The summed E-state index contributed by atoms with van der Waals surface area (Å²) in [6.45, 7) is 5.24. The lowest BCUT2D eigenvalue weighted by Crippen LogP contribution is -2.47. The molecule has 3 heterocycles. The van der Waals surface area contributed by atoms with Crippen molar-refractivity contribution >= 4 is 40.3 Å². The maximum Gasteiger partial charge on any atom is 0.573 e. The Bertz CT molecular complexity index is 1270. The van der Waals surface area contributed by atoms with E-state index in [2.05, 4.69) is 34.8 Å². The van der Waals surface area contributed by atoms with Crippen molar-refractivity contribution in [3.05, 3.63) is 41.0 Å². The van der Waals surface area contributed by atoms with Crippen molar-refractivity contribution in [2.24, 2.45) is 0 Å². The number of aliphatic hydroxyl groups is 1. The van der Waals surface area contributed by atoms with Crippen molar-refractivity contribution in [1.82, 2.24) is 19.9 Å². The molecule has 198 valence electrons. The highest BCUT2D eigenvalue weighted by Gasteiger charge is 2.31. The van der Waals surface area contributed by atoms with E-state index < -0.39 is 24.6 Å². The largest absolute Gasteiger partial charge is 0.573 e. The number of hydrogen-bond acceptors (Lipinski definition) is 9. The van der Waals surface area contributed by atoms with Gasteiger partial charge in [-0.2, -0.15) is 0 Å². The Morgan fingerprint density at radius 3 is 2.57 bits per heavy atom. The summed E-state index contributed by atoms with van der Waals surface area (Å²) < 4.78 is 46.1. The maximum absolute atomic E-state index is 12.4. The minimum atomic E-state index is -4.85. The molecule has 0 spiro atoms. The second-order valence-corrected chi connectivity index (χ2v) is 8.61. The van der Waals surface area contributed by atoms with Crippen LogP contribution in [0.15, 0.2) is 30.3 Å². The highest BCUT2D eigenvalue weighted by Crippen LogP contribution is 2.31. The third-order valence-electron chi connectivity index (χ3n) is 5.54. The predicted molar refractivity (Wildman–Crippen MR) is 130 cm³/mol. The molecule has 0 aliphatic carbocycles. The summed E-state index contributed by atoms with van der Waals surface area (Å²) in [7, 11) is 0. The number of pyridine rings is 1. The molecule has 37 heavy (non-hydrogen) atoms. The van der Waals surface area contributed by atoms with Crippen LogP contribution in [0.1, 0.15) is 5.69 Å². The molecule has 4 rings (SSSR count). The van der Waals surface area contributed by atoms with Crippen LogP contribution >= 0.6 is 11.6 Å². The summed E-state index contributed by atoms with van der Waals surface area (Å²) >= 11 is 5.93. The van der Waals surface area contributed by atoms with Crippen LogP contribution in [0.25, 0.3) is 11.0 Å². The second-order valence-electron chi connectivity index (χ2n) is 8.20. The van der Waals surface area contributed by atoms with E-state index >= 15 is 0 Å². The number of amides is 1. The van der Waals surface area contributed by atoms with Gasteiger partial charge in [-0.3, -0.25) is 9.69 Å². The third-order valence-corrected chi connectivity index (χ3v) is 5.83. The number of alkyl halides is 3. The number of β-amino-alcohol motifs (C(OH)–C–C–N with tert-alkyl or cyclic N) is 1. The number of fused-ring (bicyclic) bond motifs is 1. The first kappa shape index (κ1) is 26.6. The van der Waals surface area contributed by atoms with Gasteiger partial charge >= 0.3 is 6.36 Å². The molecule has 1 fully saturated rings. The topological polar surface area (TPSA) is 113 Å². The van der Waals surface area contributed by atoms with Gasteiger partial charge < -0.3 is 24.8 Å². The number of anilines is 2. The fraction of sp³-hybridized carbons (Fsp3) is 0.391. The van der Waals surface area contributed by atoms with Crippen LogP contribution in [0, 0.1) is 6.92 Å². The van der Waals surface area contributed by atoms with Crippen molar-refractivity contribution in [2.45, 2.75) is 13.3 Å². The number of halogens is 4. The minimum absolute atomic E-state index is 0.0202. The number of aliphatic hydroxyl groups excluding tert-OH is 1. The fourth-order valence-corrected chi connectivity index (χ4v) is 4.01. The maximum atomic E-state index is 12.4. The molecule has 2 N–H and O–H groups in total. The summed E-state index contributed by atoms with van der Waals surface area (Å²) in [5.41, 5.74) is 1.81. The number of ether oxygens (including phenoxy) is 2. The van der Waals surface area contributed by atoms with Crippen LogP contribution in [0.3, 0.4) is 0 Å². The molecule has 1 aliphatic heterocycles. The molecule has 0 atom stereocenters. The minimum Gasteiger partial charge on any atom is -0.482 e. The zero-order valence-corrected chi connectivity index (χ0v) is 20.5. The van der Waals surface area contributed by atoms with E-state index in [-0.39, 0.29) is 23.2 Å². The second kappa shape index (κ2) is 11.3. The van der Waals surface area contributed by atoms with Gasteiger partial charge in [-0.15, -0.1) is 13.2 Å². The van der Waals surface area contributed by atoms with Crippen molar-refractivity contribution in [3.8, 4) is 11.5 Å². The van der Waals surface area contributed by atoms with Gasteiger partial charge in [-0.1, -0.05) is 11.6 Å². The highest BCUT2D eigenvalue weighted by molar-refractivity contribution is 6.32. The highest BCUT2D eigenvalue weighted by atomic mass is 35.5. The summed E-state index contributed by atoms with van der Waals surface area (Å²) in [6, 6.07) is 6.49. The van der Waals surface area contributed by atoms with Gasteiger partial charge in [0.05, 0.1) is 22.8 Å². The molecular formula is C23H24ClF3N6O4. The predicted octanol–water partition coefficient (Wildman–Crippen LogP) is 3.02. The quantitative estimate of drug-likeness (QED) is 0.445. The number of carbonyl (C=O) groups is 1. The van der Waals surface area contributed by atoms with Crippen molar-refractivity contribution < 1.29 is 32.5 Å². The standard InChI is InChI=1S/C23H24ClF3N6O4/c1-14-21-17(29-22(28-14)33-8-6-32(7-9-33)10-11-34)3-5-19(31-21)30-20(35)13-36-18-4-2-15(12-16(18)24)37-23(25,26)27/h2-5,12,34H,6-11,13H2,1H3,(H,30,31,35). The Balaban J connectivity index is 1.37. The van der Waals surface area contributed by atoms with Crippen molar-refractivity contribution in [2.75, 3.05) is 56.2 Å². The first-order valence-corrected chi connectivity index (χ1v) is 11.7. The zero-order valence-electron chi connectivity index (χ0n) is 19.8. The number of aromatic nitrogens is 3. The summed E-state index contributed by atoms with van der Waals surface area (Å²) in [5.74, 6) is -0.164. The number of aryl methyl sites for hydroxylation is 1. The molecular weight excluding hydrogens is 517 g/mol. The molecule has 10 nitrogen and oxygen atoms in total. The fourth-order valence-electron chi connectivity index (χ4n) is 3.79. The molecule has 1 aliphatic rings. The molecule has 3 aromatic rings. The van der Waals surface area contributed by atoms with E-state index in [1.54, 1.807) is 12.1 Å². The number of hydrogen-bond donors (Lipinski definition) is 2. The molecule has 1 saturated heterocycles. The van der Waals surface area contributed by atoms with Gasteiger partial charge in [0.15, 0.2) is 6.61 Å². The van der Waals surface area contributed by atoms with E-state index in [1.165, 1.54) is 6.07 Å². The normalized spacial score (nSPS) is 14.6. The number of rotatable bonds is 8. The molecule has 0 saturated carbocycles. The van der Waals surface area contributed by atoms with Gasteiger partial charge in [0.1, 0.15) is 22.8 Å². The van der Waals surface area contributed by atoms with Gasteiger partial charge in [0.25, 0.3) is 5.91 Å². The lowest BCUT2D eigenvalue weighted by molar-refractivity contribution is -0.274. The number of nitrogens with zero attached hydrogens (tertiary/aromatic N) is 5. The van der Waals surface area contributed by atoms with E-state index in [9.17, 15) is 18.0 Å². The van der Waals surface area contributed by atoms with Crippen LogP contribution < -0.4 is 19.7 Å². The van der Waals surface area contributed by atoms with E-state index in [0.29, 0.717) is 29.2 Å². The first-order chi connectivity index (χ1) is 17.6. The lowest BCUT2D eigenvalue weighted by Gasteiger charge is -2.34. The smallest absolute Gasteiger partial charge is 0.482 e. The Kier molecular flexibility index (Phi) is 8.15. The number of nitrogens with one attached hydrogen (secondary N) is 1. The average molecular weight is 541 g/mol. The van der Waals surface area contributed by atoms with Gasteiger partial charge in [-0.25, -0.2) is 15.0 Å². The van der Waals surface area contributed by atoms with Gasteiger partial charge in [0.2, 0.25) is 5.95 Å². The monoisotopic (exact) mass is 540 g/mol. The Morgan fingerprint density at radius 1 is 1.14 bits per heavy atom. The van der Waals surface area contributed by atoms with Crippen LogP contribution in [-0.4, -0.2) is 83.2 Å². The van der Waals surface area contributed by atoms with E-state index in [1.807, 2.05) is 6.92 Å². The molecule has 2 aromatic heterocycles. The number of piperazine rings is 1. The van der Waals surface area contributed by atoms with Crippen LogP contribution in [0.4, 0.5) is 24.9 Å².